The van der Waals surface area contributed by atoms with Crippen LogP contribution in [0.3, 0.4) is 0 Å². The molecule has 0 unspecified atom stereocenters. The molecular weight excluding hydrogens is 352 g/mol. The first-order chi connectivity index (χ1) is 13.5. The minimum absolute atomic E-state index is 0.416. The summed E-state index contributed by atoms with van der Waals surface area (Å²) in [5.74, 6) is 2.29. The van der Waals surface area contributed by atoms with Crippen LogP contribution < -0.4 is 9.64 Å². The summed E-state index contributed by atoms with van der Waals surface area (Å²) in [5, 5.41) is 4.14. The Bertz CT molecular complexity index is 706. The molecule has 3 rings (SSSR count). The van der Waals surface area contributed by atoms with Crippen LogP contribution >= 0.6 is 0 Å². The van der Waals surface area contributed by atoms with E-state index in [9.17, 15) is 0 Å². The number of anilines is 1. The van der Waals surface area contributed by atoms with E-state index < -0.39 is 0 Å². The summed E-state index contributed by atoms with van der Waals surface area (Å²) >= 11 is 0. The van der Waals surface area contributed by atoms with Gasteiger partial charge < -0.3 is 14.2 Å². The van der Waals surface area contributed by atoms with Crippen molar-refractivity contribution in [1.29, 1.82) is 0 Å². The Morgan fingerprint density at radius 2 is 1.86 bits per heavy atom. The predicted molar refractivity (Wildman–Crippen MR) is 113 cm³/mol. The molecule has 1 aliphatic heterocycles. The lowest BCUT2D eigenvalue weighted by molar-refractivity contribution is 0.222. The van der Waals surface area contributed by atoms with E-state index in [0.29, 0.717) is 5.92 Å². The number of rotatable bonds is 9. The van der Waals surface area contributed by atoms with Gasteiger partial charge >= 0.3 is 0 Å². The first kappa shape index (κ1) is 20.7. The third kappa shape index (κ3) is 5.72. The van der Waals surface area contributed by atoms with Crippen LogP contribution in [0.25, 0.3) is 0 Å². The molecule has 2 heterocycles. The van der Waals surface area contributed by atoms with Crippen molar-refractivity contribution in [2.24, 2.45) is 0 Å². The number of aromatic nitrogens is 1. The first-order valence-corrected chi connectivity index (χ1v) is 10.3. The Morgan fingerprint density at radius 3 is 2.46 bits per heavy atom. The van der Waals surface area contributed by atoms with Crippen LogP contribution in [0.2, 0.25) is 0 Å². The SMILES string of the molecule is COc1ccc(N2CCN(CCCN(C)Cc3cc(C(C)C)no3)CC2)cc1. The van der Waals surface area contributed by atoms with Crippen molar-refractivity contribution in [2.75, 3.05) is 58.3 Å². The number of hydrogen-bond acceptors (Lipinski definition) is 6. The molecule has 0 spiro atoms. The Labute approximate surface area is 169 Å². The van der Waals surface area contributed by atoms with Crippen molar-refractivity contribution in [2.45, 2.75) is 32.7 Å². The largest absolute Gasteiger partial charge is 0.497 e. The zero-order chi connectivity index (χ0) is 19.9. The monoisotopic (exact) mass is 386 g/mol. The fourth-order valence-electron chi connectivity index (χ4n) is 3.61. The highest BCUT2D eigenvalue weighted by atomic mass is 16.5. The smallest absolute Gasteiger partial charge is 0.150 e. The molecule has 0 amide bonds. The standard InChI is InChI=1S/C22H34N4O2/c1-18(2)22-16-21(28-23-22)17-24(3)10-5-11-25-12-14-26(15-13-25)19-6-8-20(27-4)9-7-19/h6-9,16,18H,5,10-15,17H2,1-4H3. The Hall–Kier alpha value is -2.05. The van der Waals surface area contributed by atoms with Crippen molar-refractivity contribution in [3.63, 3.8) is 0 Å². The van der Waals surface area contributed by atoms with E-state index in [1.807, 2.05) is 12.1 Å². The lowest BCUT2D eigenvalue weighted by Crippen LogP contribution is -2.47. The van der Waals surface area contributed by atoms with Gasteiger partial charge in [-0.1, -0.05) is 19.0 Å². The lowest BCUT2D eigenvalue weighted by atomic mass is 10.1. The van der Waals surface area contributed by atoms with Gasteiger partial charge in [0.05, 0.1) is 19.3 Å². The number of piperazine rings is 1. The normalized spacial score (nSPS) is 15.6. The molecule has 28 heavy (non-hydrogen) atoms. The summed E-state index contributed by atoms with van der Waals surface area (Å²) in [6.07, 6.45) is 1.17. The van der Waals surface area contributed by atoms with E-state index in [1.54, 1.807) is 7.11 Å². The maximum Gasteiger partial charge on any atom is 0.150 e. The van der Waals surface area contributed by atoms with E-state index in [-0.39, 0.29) is 0 Å². The van der Waals surface area contributed by atoms with Crippen LogP contribution in [0.1, 0.15) is 37.6 Å². The molecule has 2 aromatic rings. The molecule has 6 heteroatoms. The van der Waals surface area contributed by atoms with E-state index in [4.69, 9.17) is 9.26 Å². The number of ether oxygens (including phenoxy) is 1. The van der Waals surface area contributed by atoms with Gasteiger partial charge in [0.25, 0.3) is 0 Å². The maximum absolute atomic E-state index is 5.45. The van der Waals surface area contributed by atoms with Crippen LogP contribution in [-0.2, 0) is 6.54 Å². The number of nitrogens with zero attached hydrogens (tertiary/aromatic N) is 4. The molecule has 154 valence electrons. The topological polar surface area (TPSA) is 45.0 Å². The molecule has 0 bridgehead atoms. The molecule has 0 saturated carbocycles. The zero-order valence-corrected chi connectivity index (χ0v) is 17.7. The average Bonchev–Trinajstić information content (AvgIpc) is 3.17. The van der Waals surface area contributed by atoms with Gasteiger partial charge in [0.2, 0.25) is 0 Å². The van der Waals surface area contributed by atoms with E-state index >= 15 is 0 Å². The van der Waals surface area contributed by atoms with Gasteiger partial charge in [0.15, 0.2) is 5.76 Å². The fraction of sp³-hybridized carbons (Fsp3) is 0.591. The van der Waals surface area contributed by atoms with Crippen molar-refractivity contribution in [3.8, 4) is 5.75 Å². The van der Waals surface area contributed by atoms with Crippen LogP contribution in [0, 0.1) is 0 Å². The third-order valence-corrected chi connectivity index (χ3v) is 5.42. The highest BCUT2D eigenvalue weighted by Crippen LogP contribution is 2.20. The minimum atomic E-state index is 0.416. The molecule has 6 nitrogen and oxygen atoms in total. The summed E-state index contributed by atoms with van der Waals surface area (Å²) in [6.45, 7) is 11.7. The van der Waals surface area contributed by atoms with Crippen molar-refractivity contribution in [3.05, 3.63) is 41.8 Å². The second-order valence-corrected chi connectivity index (χ2v) is 7.99. The summed E-state index contributed by atoms with van der Waals surface area (Å²) in [7, 11) is 3.86. The van der Waals surface area contributed by atoms with Gasteiger partial charge in [-0.25, -0.2) is 0 Å². The number of methoxy groups -OCH3 is 1. The third-order valence-electron chi connectivity index (χ3n) is 5.42. The molecule has 0 radical (unpaired) electrons. The van der Waals surface area contributed by atoms with Gasteiger partial charge in [0.1, 0.15) is 5.75 Å². The van der Waals surface area contributed by atoms with E-state index in [2.05, 4.69) is 59.0 Å². The van der Waals surface area contributed by atoms with Crippen molar-refractivity contribution in [1.82, 2.24) is 15.0 Å². The van der Waals surface area contributed by atoms with Gasteiger partial charge in [-0.05, 0) is 56.7 Å². The van der Waals surface area contributed by atoms with Crippen LogP contribution in [0.5, 0.6) is 5.75 Å². The molecular formula is C22H34N4O2. The second kappa shape index (κ2) is 9.94. The van der Waals surface area contributed by atoms with E-state index in [1.165, 1.54) is 12.1 Å². The van der Waals surface area contributed by atoms with E-state index in [0.717, 1.165) is 63.0 Å². The van der Waals surface area contributed by atoms with Crippen LogP contribution in [0.4, 0.5) is 5.69 Å². The predicted octanol–water partition coefficient (Wildman–Crippen LogP) is 3.45. The van der Waals surface area contributed by atoms with Gasteiger partial charge in [-0.3, -0.25) is 9.80 Å². The van der Waals surface area contributed by atoms with Gasteiger partial charge in [0, 0.05) is 37.9 Å². The Kier molecular flexibility index (Phi) is 7.34. The Balaban J connectivity index is 1.34. The lowest BCUT2D eigenvalue weighted by Gasteiger charge is -2.36. The zero-order valence-electron chi connectivity index (χ0n) is 17.7. The molecule has 1 fully saturated rings. The average molecular weight is 387 g/mol. The highest BCUT2D eigenvalue weighted by molar-refractivity contribution is 5.49. The molecule has 1 aromatic heterocycles. The number of hydrogen-bond donors (Lipinski definition) is 0. The molecule has 1 aliphatic rings. The van der Waals surface area contributed by atoms with Gasteiger partial charge in [-0.15, -0.1) is 0 Å². The van der Waals surface area contributed by atoms with Crippen molar-refractivity contribution >= 4 is 5.69 Å². The van der Waals surface area contributed by atoms with Crippen molar-refractivity contribution < 1.29 is 9.26 Å². The molecule has 1 saturated heterocycles. The fourth-order valence-corrected chi connectivity index (χ4v) is 3.61. The first-order valence-electron chi connectivity index (χ1n) is 10.3. The second-order valence-electron chi connectivity index (χ2n) is 7.99. The van der Waals surface area contributed by atoms with Crippen LogP contribution in [0.15, 0.2) is 34.9 Å². The Morgan fingerprint density at radius 1 is 1.14 bits per heavy atom. The summed E-state index contributed by atoms with van der Waals surface area (Å²) < 4.78 is 10.7. The molecule has 0 N–H and O–H groups in total. The van der Waals surface area contributed by atoms with Gasteiger partial charge in [-0.2, -0.15) is 0 Å². The van der Waals surface area contributed by atoms with Crippen LogP contribution in [-0.4, -0.2) is 68.4 Å². The summed E-state index contributed by atoms with van der Waals surface area (Å²) in [5.41, 5.74) is 2.33. The molecule has 0 aliphatic carbocycles. The maximum atomic E-state index is 5.45. The summed E-state index contributed by atoms with van der Waals surface area (Å²) in [6, 6.07) is 10.5. The quantitative estimate of drug-likeness (QED) is 0.658. The summed E-state index contributed by atoms with van der Waals surface area (Å²) in [4.78, 5) is 7.34. The molecule has 0 atom stereocenters. The highest BCUT2D eigenvalue weighted by Gasteiger charge is 2.17. The minimum Gasteiger partial charge on any atom is -0.497 e. The number of benzene rings is 1. The molecule has 1 aromatic carbocycles.